The third-order valence-corrected chi connectivity index (χ3v) is 3.90. The first-order chi connectivity index (χ1) is 9.51. The molecule has 1 saturated carbocycles. The van der Waals surface area contributed by atoms with Crippen molar-refractivity contribution in [3.05, 3.63) is 33.9 Å². The summed E-state index contributed by atoms with van der Waals surface area (Å²) in [6, 6.07) is 5.35. The Morgan fingerprint density at radius 1 is 1.50 bits per heavy atom. The Morgan fingerprint density at radius 2 is 2.20 bits per heavy atom. The van der Waals surface area contributed by atoms with Gasteiger partial charge in [-0.2, -0.15) is 0 Å². The van der Waals surface area contributed by atoms with E-state index in [0.29, 0.717) is 12.2 Å². The van der Waals surface area contributed by atoms with Gasteiger partial charge in [0.25, 0.3) is 5.69 Å². The van der Waals surface area contributed by atoms with Gasteiger partial charge < -0.3 is 10.2 Å². The first-order valence-corrected chi connectivity index (χ1v) is 7.21. The lowest BCUT2D eigenvalue weighted by molar-refractivity contribution is -0.384. The summed E-state index contributed by atoms with van der Waals surface area (Å²) < 4.78 is 0. The quantitative estimate of drug-likeness (QED) is 0.614. The number of anilines is 1. The predicted octanol–water partition coefficient (Wildman–Crippen LogP) is 3.11. The van der Waals surface area contributed by atoms with E-state index in [4.69, 9.17) is 0 Å². The average Bonchev–Trinajstić information content (AvgIpc) is 3.04. The van der Waals surface area contributed by atoms with Crippen LogP contribution < -0.4 is 5.32 Å². The molecular formula is C15H23N3O2. The van der Waals surface area contributed by atoms with Crippen LogP contribution in [0, 0.1) is 22.0 Å². The second-order valence-corrected chi connectivity index (χ2v) is 5.81. The number of benzene rings is 1. The number of nitro benzene ring substituents is 1. The van der Waals surface area contributed by atoms with Gasteiger partial charge in [0.2, 0.25) is 0 Å². The number of rotatable bonds is 7. The smallest absolute Gasteiger partial charge is 0.292 e. The topological polar surface area (TPSA) is 58.4 Å². The fourth-order valence-corrected chi connectivity index (χ4v) is 2.60. The van der Waals surface area contributed by atoms with Gasteiger partial charge in [0, 0.05) is 25.7 Å². The molecule has 2 unspecified atom stereocenters. The molecule has 0 aromatic heterocycles. The lowest BCUT2D eigenvalue weighted by Crippen LogP contribution is -2.21. The van der Waals surface area contributed by atoms with E-state index in [1.807, 2.05) is 19.1 Å². The van der Waals surface area contributed by atoms with Crippen LogP contribution in [0.1, 0.15) is 25.8 Å². The maximum atomic E-state index is 11.0. The van der Waals surface area contributed by atoms with E-state index in [9.17, 15) is 10.1 Å². The van der Waals surface area contributed by atoms with Gasteiger partial charge in [-0.15, -0.1) is 0 Å². The minimum absolute atomic E-state index is 0.147. The number of nitrogens with zero attached hydrogens (tertiary/aromatic N) is 2. The van der Waals surface area contributed by atoms with Gasteiger partial charge >= 0.3 is 0 Å². The van der Waals surface area contributed by atoms with Crippen molar-refractivity contribution in [3.63, 3.8) is 0 Å². The number of hydrogen-bond donors (Lipinski definition) is 1. The van der Waals surface area contributed by atoms with E-state index in [1.54, 1.807) is 6.07 Å². The Kier molecular flexibility index (Phi) is 4.60. The van der Waals surface area contributed by atoms with Gasteiger partial charge in [0.15, 0.2) is 0 Å². The highest BCUT2D eigenvalue weighted by Crippen LogP contribution is 2.38. The monoisotopic (exact) mass is 277 g/mol. The minimum Gasteiger partial charge on any atom is -0.380 e. The molecule has 2 atom stereocenters. The molecule has 1 aromatic rings. The summed E-state index contributed by atoms with van der Waals surface area (Å²) in [5.41, 5.74) is 1.87. The van der Waals surface area contributed by atoms with Gasteiger partial charge in [-0.1, -0.05) is 13.0 Å². The fraction of sp³-hybridized carbons (Fsp3) is 0.600. The van der Waals surface area contributed by atoms with Crippen molar-refractivity contribution < 1.29 is 4.92 Å². The molecule has 1 aromatic carbocycles. The summed E-state index contributed by atoms with van der Waals surface area (Å²) in [6.45, 7) is 6.85. The Balaban J connectivity index is 2.03. The molecule has 5 nitrogen and oxygen atoms in total. The van der Waals surface area contributed by atoms with E-state index in [2.05, 4.69) is 24.2 Å². The largest absolute Gasteiger partial charge is 0.380 e. The summed E-state index contributed by atoms with van der Waals surface area (Å²) >= 11 is 0. The van der Waals surface area contributed by atoms with Crippen molar-refractivity contribution in [2.45, 2.75) is 26.8 Å². The fourth-order valence-electron chi connectivity index (χ4n) is 2.60. The second-order valence-electron chi connectivity index (χ2n) is 5.81. The molecule has 0 radical (unpaired) electrons. The SMILES string of the molecule is CCNc1cc(CN(C)CC2CC2C)ccc1[N+](=O)[O-]. The third kappa shape index (κ3) is 3.70. The molecule has 110 valence electrons. The molecule has 0 heterocycles. The minimum atomic E-state index is -0.336. The van der Waals surface area contributed by atoms with Crippen LogP contribution in [0.25, 0.3) is 0 Å². The Morgan fingerprint density at radius 3 is 2.75 bits per heavy atom. The molecule has 5 heteroatoms. The molecule has 0 spiro atoms. The molecule has 0 saturated heterocycles. The highest BCUT2D eigenvalue weighted by atomic mass is 16.6. The predicted molar refractivity (Wildman–Crippen MR) is 80.9 cm³/mol. The van der Waals surface area contributed by atoms with Gasteiger partial charge in [-0.05, 0) is 43.9 Å². The van der Waals surface area contributed by atoms with E-state index in [-0.39, 0.29) is 10.6 Å². The van der Waals surface area contributed by atoms with Gasteiger partial charge in [-0.3, -0.25) is 10.1 Å². The Hall–Kier alpha value is -1.62. The summed E-state index contributed by atoms with van der Waals surface area (Å²) in [4.78, 5) is 12.9. The van der Waals surface area contributed by atoms with E-state index in [1.165, 1.54) is 6.42 Å². The molecule has 0 amide bonds. The molecule has 1 aliphatic carbocycles. The van der Waals surface area contributed by atoms with Crippen LogP contribution in [0.4, 0.5) is 11.4 Å². The van der Waals surface area contributed by atoms with Gasteiger partial charge in [-0.25, -0.2) is 0 Å². The highest BCUT2D eigenvalue weighted by Gasteiger charge is 2.33. The van der Waals surface area contributed by atoms with Crippen molar-refractivity contribution in [2.75, 3.05) is 25.5 Å². The standard InChI is InChI=1S/C15H23N3O2/c1-4-16-14-8-12(5-6-15(14)18(19)20)9-17(3)10-13-7-11(13)2/h5-6,8,11,13,16H,4,7,9-10H2,1-3H3. The summed E-state index contributed by atoms with van der Waals surface area (Å²) in [5, 5.41) is 14.0. The van der Waals surface area contributed by atoms with Crippen molar-refractivity contribution in [3.8, 4) is 0 Å². The van der Waals surface area contributed by atoms with E-state index in [0.717, 1.165) is 30.5 Å². The van der Waals surface area contributed by atoms with Crippen LogP contribution in [0.15, 0.2) is 18.2 Å². The van der Waals surface area contributed by atoms with Crippen molar-refractivity contribution in [1.29, 1.82) is 0 Å². The summed E-state index contributed by atoms with van der Waals surface area (Å²) in [5.74, 6) is 1.68. The zero-order valence-corrected chi connectivity index (χ0v) is 12.4. The van der Waals surface area contributed by atoms with Crippen LogP contribution in [0.3, 0.4) is 0 Å². The van der Waals surface area contributed by atoms with Crippen molar-refractivity contribution in [1.82, 2.24) is 4.90 Å². The second kappa shape index (κ2) is 6.22. The third-order valence-electron chi connectivity index (χ3n) is 3.90. The van der Waals surface area contributed by atoms with E-state index >= 15 is 0 Å². The molecule has 20 heavy (non-hydrogen) atoms. The normalized spacial score (nSPS) is 21.0. The van der Waals surface area contributed by atoms with Gasteiger partial charge in [0.1, 0.15) is 5.69 Å². The number of nitrogens with one attached hydrogen (secondary N) is 1. The Bertz CT molecular complexity index is 490. The average molecular weight is 277 g/mol. The summed E-state index contributed by atoms with van der Waals surface area (Å²) in [7, 11) is 2.11. The molecule has 1 N–H and O–H groups in total. The van der Waals surface area contributed by atoms with E-state index < -0.39 is 0 Å². The number of nitro groups is 1. The van der Waals surface area contributed by atoms with Crippen molar-refractivity contribution in [2.24, 2.45) is 11.8 Å². The number of hydrogen-bond acceptors (Lipinski definition) is 4. The van der Waals surface area contributed by atoms with Crippen LogP contribution in [-0.4, -0.2) is 30.0 Å². The zero-order chi connectivity index (χ0) is 14.7. The van der Waals surface area contributed by atoms with Crippen LogP contribution in [0.5, 0.6) is 0 Å². The molecule has 0 aliphatic heterocycles. The molecule has 2 rings (SSSR count). The first-order valence-electron chi connectivity index (χ1n) is 7.21. The first kappa shape index (κ1) is 14.8. The lowest BCUT2D eigenvalue weighted by Gasteiger charge is -2.17. The van der Waals surface area contributed by atoms with Crippen molar-refractivity contribution >= 4 is 11.4 Å². The van der Waals surface area contributed by atoms with Crippen LogP contribution in [-0.2, 0) is 6.54 Å². The highest BCUT2D eigenvalue weighted by molar-refractivity contribution is 5.62. The Labute approximate surface area is 120 Å². The van der Waals surface area contributed by atoms with Crippen LogP contribution in [0.2, 0.25) is 0 Å². The molecule has 1 fully saturated rings. The van der Waals surface area contributed by atoms with Crippen LogP contribution >= 0.6 is 0 Å². The van der Waals surface area contributed by atoms with Gasteiger partial charge in [0.05, 0.1) is 4.92 Å². The molecular weight excluding hydrogens is 254 g/mol. The zero-order valence-electron chi connectivity index (χ0n) is 12.4. The maximum Gasteiger partial charge on any atom is 0.292 e. The molecule has 0 bridgehead atoms. The maximum absolute atomic E-state index is 11.0. The lowest BCUT2D eigenvalue weighted by atomic mass is 10.1. The molecule has 1 aliphatic rings. The summed E-state index contributed by atoms with van der Waals surface area (Å²) in [6.07, 6.45) is 1.33.